The molecule has 1 rings (SSSR count). The summed E-state index contributed by atoms with van der Waals surface area (Å²) in [7, 11) is 0. The predicted molar refractivity (Wildman–Crippen MR) is 108 cm³/mol. The summed E-state index contributed by atoms with van der Waals surface area (Å²) in [6.45, 7) is 2.23. The molecule has 0 heterocycles. The van der Waals surface area contributed by atoms with E-state index in [2.05, 4.69) is 19.1 Å². The second-order valence-corrected chi connectivity index (χ2v) is 7.50. The van der Waals surface area contributed by atoms with Crippen molar-refractivity contribution in [2.24, 2.45) is 0 Å². The highest BCUT2D eigenvalue weighted by molar-refractivity contribution is 6.19. The van der Waals surface area contributed by atoms with Gasteiger partial charge in [0.1, 0.15) is 6.10 Å². The van der Waals surface area contributed by atoms with Gasteiger partial charge in [-0.3, -0.25) is 9.59 Å². The molecular formula is C23H38O3. The zero-order valence-electron chi connectivity index (χ0n) is 16.7. The standard InChI is InChI=1S/C23H38O3/c1-2-3-4-5-6-7-8-9-10-11-12-13-14-15-16-17-18-20-21(24)19-22(25)23(20)26/h5-6,18,23,26H,2-4,7-17,19H2,1H3/t23-/m0/s1. The lowest BCUT2D eigenvalue weighted by Crippen LogP contribution is -2.13. The molecular weight excluding hydrogens is 324 g/mol. The molecule has 1 saturated carbocycles. The van der Waals surface area contributed by atoms with Gasteiger partial charge in [-0.25, -0.2) is 0 Å². The van der Waals surface area contributed by atoms with Crippen LogP contribution < -0.4 is 0 Å². The highest BCUT2D eigenvalue weighted by atomic mass is 16.3. The number of unbranched alkanes of at least 4 members (excludes halogenated alkanes) is 12. The van der Waals surface area contributed by atoms with E-state index in [1.54, 1.807) is 6.08 Å². The molecule has 0 bridgehead atoms. The topological polar surface area (TPSA) is 54.4 Å². The fraction of sp³-hybridized carbons (Fsp3) is 0.739. The number of aliphatic hydroxyl groups is 1. The average molecular weight is 363 g/mol. The lowest BCUT2D eigenvalue weighted by atomic mass is 10.0. The molecule has 1 fully saturated rings. The van der Waals surface area contributed by atoms with E-state index in [4.69, 9.17) is 0 Å². The number of hydrogen-bond donors (Lipinski definition) is 1. The maximum absolute atomic E-state index is 11.5. The highest BCUT2D eigenvalue weighted by Gasteiger charge is 2.34. The molecule has 0 aromatic heterocycles. The van der Waals surface area contributed by atoms with Crippen molar-refractivity contribution in [3.05, 3.63) is 23.8 Å². The first kappa shape index (κ1) is 22.8. The molecule has 0 saturated heterocycles. The third-order valence-corrected chi connectivity index (χ3v) is 5.09. The average Bonchev–Trinajstić information content (AvgIpc) is 2.87. The molecule has 0 aromatic carbocycles. The Morgan fingerprint density at radius 1 is 0.808 bits per heavy atom. The van der Waals surface area contributed by atoms with Gasteiger partial charge in [-0.1, -0.05) is 82.9 Å². The lowest BCUT2D eigenvalue weighted by Gasteiger charge is -2.03. The van der Waals surface area contributed by atoms with Crippen LogP contribution in [-0.4, -0.2) is 22.8 Å². The number of rotatable bonds is 15. The first-order chi connectivity index (χ1) is 12.7. The van der Waals surface area contributed by atoms with Crippen LogP contribution in [0, 0.1) is 0 Å². The zero-order chi connectivity index (χ0) is 19.0. The zero-order valence-corrected chi connectivity index (χ0v) is 16.7. The van der Waals surface area contributed by atoms with Gasteiger partial charge in [0.15, 0.2) is 11.6 Å². The normalized spacial score (nSPS) is 19.3. The van der Waals surface area contributed by atoms with Crippen LogP contribution in [0.1, 0.15) is 103 Å². The summed E-state index contributed by atoms with van der Waals surface area (Å²) in [6.07, 6.45) is 22.4. The summed E-state index contributed by atoms with van der Waals surface area (Å²) >= 11 is 0. The molecule has 0 unspecified atom stereocenters. The van der Waals surface area contributed by atoms with E-state index in [1.807, 2.05) is 0 Å². The van der Waals surface area contributed by atoms with Crippen molar-refractivity contribution in [1.82, 2.24) is 0 Å². The number of aliphatic hydroxyl groups excluding tert-OH is 1. The number of carbonyl (C=O) groups is 2. The van der Waals surface area contributed by atoms with Crippen molar-refractivity contribution < 1.29 is 14.7 Å². The van der Waals surface area contributed by atoms with Crippen LogP contribution >= 0.6 is 0 Å². The van der Waals surface area contributed by atoms with Gasteiger partial charge in [-0.05, 0) is 32.1 Å². The molecule has 1 aliphatic carbocycles. The maximum Gasteiger partial charge on any atom is 0.173 e. The third-order valence-electron chi connectivity index (χ3n) is 5.09. The van der Waals surface area contributed by atoms with E-state index >= 15 is 0 Å². The Bertz CT molecular complexity index is 462. The fourth-order valence-electron chi connectivity index (χ4n) is 3.37. The summed E-state index contributed by atoms with van der Waals surface area (Å²) in [5.41, 5.74) is 0.329. The van der Waals surface area contributed by atoms with Crippen molar-refractivity contribution in [2.75, 3.05) is 0 Å². The molecule has 1 atom stereocenters. The minimum atomic E-state index is -1.16. The Morgan fingerprint density at radius 2 is 1.31 bits per heavy atom. The van der Waals surface area contributed by atoms with Crippen LogP contribution in [0.2, 0.25) is 0 Å². The minimum absolute atomic E-state index is 0.123. The van der Waals surface area contributed by atoms with Crippen LogP contribution in [0.15, 0.2) is 23.8 Å². The van der Waals surface area contributed by atoms with Gasteiger partial charge >= 0.3 is 0 Å². The van der Waals surface area contributed by atoms with E-state index in [1.165, 1.54) is 70.6 Å². The quantitative estimate of drug-likeness (QED) is 0.172. The molecule has 0 radical (unpaired) electrons. The Balaban J connectivity index is 1.86. The molecule has 0 aliphatic heterocycles. The van der Waals surface area contributed by atoms with Gasteiger partial charge in [0.2, 0.25) is 0 Å². The maximum atomic E-state index is 11.5. The van der Waals surface area contributed by atoms with Gasteiger partial charge in [-0.2, -0.15) is 0 Å². The minimum Gasteiger partial charge on any atom is -0.380 e. The monoisotopic (exact) mass is 362 g/mol. The number of ketones is 2. The van der Waals surface area contributed by atoms with E-state index in [9.17, 15) is 14.7 Å². The molecule has 3 nitrogen and oxygen atoms in total. The van der Waals surface area contributed by atoms with Crippen molar-refractivity contribution in [2.45, 2.75) is 109 Å². The first-order valence-corrected chi connectivity index (χ1v) is 10.8. The molecule has 3 heteroatoms. The Labute approximate surface area is 160 Å². The van der Waals surface area contributed by atoms with Crippen LogP contribution in [0.4, 0.5) is 0 Å². The molecule has 0 spiro atoms. The third kappa shape index (κ3) is 10.1. The van der Waals surface area contributed by atoms with E-state index < -0.39 is 6.10 Å². The number of allylic oxidation sites excluding steroid dienone is 3. The van der Waals surface area contributed by atoms with Gasteiger partial charge in [0.05, 0.1) is 6.42 Å². The molecule has 1 aliphatic rings. The van der Waals surface area contributed by atoms with Crippen LogP contribution in [0.3, 0.4) is 0 Å². The van der Waals surface area contributed by atoms with Crippen LogP contribution in [-0.2, 0) is 9.59 Å². The van der Waals surface area contributed by atoms with E-state index in [0.29, 0.717) is 5.57 Å². The van der Waals surface area contributed by atoms with Crippen LogP contribution in [0.5, 0.6) is 0 Å². The van der Waals surface area contributed by atoms with Crippen molar-refractivity contribution in [3.8, 4) is 0 Å². The van der Waals surface area contributed by atoms with Gasteiger partial charge < -0.3 is 5.11 Å². The summed E-state index contributed by atoms with van der Waals surface area (Å²) in [5, 5.41) is 9.61. The molecule has 1 N–H and O–H groups in total. The van der Waals surface area contributed by atoms with Crippen molar-refractivity contribution in [3.63, 3.8) is 0 Å². The number of Topliss-reactive ketones (excluding diaryl/α,β-unsaturated/α-hetero) is 2. The number of hydrogen-bond acceptors (Lipinski definition) is 3. The van der Waals surface area contributed by atoms with Crippen molar-refractivity contribution >= 4 is 11.6 Å². The predicted octanol–water partition coefficient (Wildman–Crippen LogP) is 5.85. The van der Waals surface area contributed by atoms with Gasteiger partial charge in [-0.15, -0.1) is 0 Å². The lowest BCUT2D eigenvalue weighted by molar-refractivity contribution is -0.124. The molecule has 26 heavy (non-hydrogen) atoms. The molecule has 0 amide bonds. The SMILES string of the molecule is CCCCC=CCCCCCCCCCCCC=C1C(=O)CC(=O)[C@H]1O. The molecule has 0 aromatic rings. The Hall–Kier alpha value is -1.22. The van der Waals surface area contributed by atoms with E-state index in [0.717, 1.165) is 19.3 Å². The second-order valence-electron chi connectivity index (χ2n) is 7.50. The van der Waals surface area contributed by atoms with Gasteiger partial charge in [0.25, 0.3) is 0 Å². The number of carbonyl (C=O) groups excluding carboxylic acids is 2. The summed E-state index contributed by atoms with van der Waals surface area (Å²) < 4.78 is 0. The highest BCUT2D eigenvalue weighted by Crippen LogP contribution is 2.20. The summed E-state index contributed by atoms with van der Waals surface area (Å²) in [4.78, 5) is 22.8. The first-order valence-electron chi connectivity index (χ1n) is 10.8. The Morgan fingerprint density at radius 3 is 1.81 bits per heavy atom. The van der Waals surface area contributed by atoms with Crippen LogP contribution in [0.25, 0.3) is 0 Å². The largest absolute Gasteiger partial charge is 0.380 e. The van der Waals surface area contributed by atoms with Gasteiger partial charge in [0, 0.05) is 5.57 Å². The fourth-order valence-corrected chi connectivity index (χ4v) is 3.37. The summed E-state index contributed by atoms with van der Waals surface area (Å²) in [5.74, 6) is -0.548. The second kappa shape index (κ2) is 14.9. The van der Waals surface area contributed by atoms with Crippen molar-refractivity contribution in [1.29, 1.82) is 0 Å². The van der Waals surface area contributed by atoms with E-state index in [-0.39, 0.29) is 18.0 Å². The summed E-state index contributed by atoms with van der Waals surface area (Å²) in [6, 6.07) is 0. The Kier molecular flexibility index (Phi) is 13.1. The molecule has 148 valence electrons. The smallest absolute Gasteiger partial charge is 0.173 e.